The van der Waals surface area contributed by atoms with Crippen molar-refractivity contribution in [2.45, 2.75) is 53.6 Å². The quantitative estimate of drug-likeness (QED) is 0.116. The van der Waals surface area contributed by atoms with Gasteiger partial charge in [-0.2, -0.15) is 0 Å². The van der Waals surface area contributed by atoms with Crippen molar-refractivity contribution < 1.29 is 9.59 Å². The third kappa shape index (κ3) is 8.63. The topological polar surface area (TPSA) is 117 Å². The van der Waals surface area contributed by atoms with Gasteiger partial charge in [0, 0.05) is 90.7 Å². The second-order valence-corrected chi connectivity index (χ2v) is 12.9. The number of pyridine rings is 2. The molecule has 0 aliphatic carbocycles. The summed E-state index contributed by atoms with van der Waals surface area (Å²) in [5, 5.41) is 12.4. The second-order valence-electron chi connectivity index (χ2n) is 12.9. The highest BCUT2D eigenvalue weighted by molar-refractivity contribution is 5.74. The van der Waals surface area contributed by atoms with Crippen LogP contribution in [0, 0.1) is 13.8 Å². The minimum Gasteiger partial charge on any atom is -0.355 e. The zero-order valence-electron chi connectivity index (χ0n) is 29.3. The first kappa shape index (κ1) is 34.5. The summed E-state index contributed by atoms with van der Waals surface area (Å²) < 4.78 is 4.20. The van der Waals surface area contributed by atoms with Crippen LogP contribution in [0.4, 0.5) is 0 Å². The highest BCUT2D eigenvalue weighted by Crippen LogP contribution is 2.32. The Bertz CT molecular complexity index is 1980. The number of amides is 2. The molecular formula is C40H46N8O2. The number of rotatable bonds is 15. The third-order valence-corrected chi connectivity index (χ3v) is 9.06. The second kappa shape index (κ2) is 15.9. The van der Waals surface area contributed by atoms with E-state index in [0.717, 1.165) is 72.8 Å². The van der Waals surface area contributed by atoms with Gasteiger partial charge in [-0.3, -0.25) is 9.59 Å². The maximum absolute atomic E-state index is 11.1. The summed E-state index contributed by atoms with van der Waals surface area (Å²) in [6, 6.07) is 21.5. The molecule has 258 valence electrons. The minimum atomic E-state index is -0.0133. The van der Waals surface area contributed by atoms with Crippen molar-refractivity contribution in [1.82, 2.24) is 40.0 Å². The summed E-state index contributed by atoms with van der Waals surface area (Å²) in [5.41, 5.74) is 13.8. The molecule has 2 amide bonds. The van der Waals surface area contributed by atoms with Crippen LogP contribution in [0.5, 0.6) is 0 Å². The van der Waals surface area contributed by atoms with Gasteiger partial charge in [-0.1, -0.05) is 48.5 Å². The van der Waals surface area contributed by atoms with Crippen LogP contribution in [0.1, 0.15) is 58.6 Å². The summed E-state index contributed by atoms with van der Waals surface area (Å²) in [4.78, 5) is 32.0. The van der Waals surface area contributed by atoms with Crippen LogP contribution in [-0.2, 0) is 35.5 Å². The Morgan fingerprint density at radius 1 is 0.580 bits per heavy atom. The summed E-state index contributed by atoms with van der Waals surface area (Å²) in [7, 11) is 0. The lowest BCUT2D eigenvalue weighted by atomic mass is 9.89. The first-order valence-corrected chi connectivity index (χ1v) is 17.2. The molecule has 0 fully saturated rings. The van der Waals surface area contributed by atoms with E-state index in [1.807, 2.05) is 0 Å². The zero-order valence-corrected chi connectivity index (χ0v) is 29.3. The fourth-order valence-electron chi connectivity index (χ4n) is 6.40. The maximum Gasteiger partial charge on any atom is 0.216 e. The molecule has 50 heavy (non-hydrogen) atoms. The molecule has 0 aliphatic heterocycles. The molecule has 0 atom stereocenters. The normalized spacial score (nSPS) is 11.4. The number of carbonyl (C=O) groups excluding carboxylic acids is 2. The maximum atomic E-state index is 11.1. The van der Waals surface area contributed by atoms with E-state index in [1.54, 1.807) is 0 Å². The third-order valence-electron chi connectivity index (χ3n) is 9.06. The molecule has 0 unspecified atom stereocenters. The minimum absolute atomic E-state index is 0.0133. The lowest BCUT2D eigenvalue weighted by molar-refractivity contribution is -0.119. The number of nitrogens with one attached hydrogen (secondary N) is 4. The average Bonchev–Trinajstić information content (AvgIpc) is 3.68. The van der Waals surface area contributed by atoms with E-state index < -0.39 is 0 Å². The average molecular weight is 671 g/mol. The molecule has 2 aromatic carbocycles. The van der Waals surface area contributed by atoms with Crippen LogP contribution in [0.25, 0.3) is 22.4 Å². The van der Waals surface area contributed by atoms with E-state index in [9.17, 15) is 9.59 Å². The Morgan fingerprint density at radius 3 is 1.44 bits per heavy atom. The Labute approximate surface area is 293 Å². The van der Waals surface area contributed by atoms with Crippen LogP contribution >= 0.6 is 0 Å². The van der Waals surface area contributed by atoms with E-state index >= 15 is 0 Å². The van der Waals surface area contributed by atoms with Crippen molar-refractivity contribution in [1.29, 1.82) is 0 Å². The Morgan fingerprint density at radius 2 is 1.02 bits per heavy atom. The largest absolute Gasteiger partial charge is 0.355 e. The van der Waals surface area contributed by atoms with Gasteiger partial charge in [0.25, 0.3) is 0 Å². The highest BCUT2D eigenvalue weighted by Gasteiger charge is 2.14. The number of benzene rings is 2. The summed E-state index contributed by atoms with van der Waals surface area (Å²) in [5.74, 6) is -0.0266. The van der Waals surface area contributed by atoms with Gasteiger partial charge in [0.2, 0.25) is 11.8 Å². The number of nitrogens with zero attached hydrogens (tertiary/aromatic N) is 4. The summed E-state index contributed by atoms with van der Waals surface area (Å²) in [6.45, 7) is 11.6. The van der Waals surface area contributed by atoms with Crippen molar-refractivity contribution in [2.24, 2.45) is 0 Å². The van der Waals surface area contributed by atoms with Gasteiger partial charge < -0.3 is 30.1 Å². The number of fused-ring (bicyclic) bond motifs is 2. The molecule has 4 heterocycles. The SMILES string of the molecule is CC(=O)NCCNCc1ccc2nc(Cc3cccc(-c4cccc(Cc5cn6cc(CNCCNC(C)=O)ccc6n5)c4C)c3C)cn2c1. The van der Waals surface area contributed by atoms with Crippen LogP contribution in [0.15, 0.2) is 85.5 Å². The zero-order chi connectivity index (χ0) is 35.0. The van der Waals surface area contributed by atoms with E-state index in [-0.39, 0.29) is 11.8 Å². The first-order chi connectivity index (χ1) is 24.2. The van der Waals surface area contributed by atoms with Gasteiger partial charge >= 0.3 is 0 Å². The smallest absolute Gasteiger partial charge is 0.216 e. The predicted molar refractivity (Wildman–Crippen MR) is 198 cm³/mol. The van der Waals surface area contributed by atoms with Gasteiger partial charge in [-0.25, -0.2) is 9.97 Å². The molecule has 0 bridgehead atoms. The molecule has 0 spiro atoms. The van der Waals surface area contributed by atoms with Crippen molar-refractivity contribution >= 4 is 23.1 Å². The molecule has 0 radical (unpaired) electrons. The van der Waals surface area contributed by atoms with Crippen LogP contribution in [-0.4, -0.2) is 56.8 Å². The number of hydrogen-bond donors (Lipinski definition) is 4. The van der Waals surface area contributed by atoms with Gasteiger partial charge in [0.1, 0.15) is 11.3 Å². The number of aromatic nitrogens is 4. The van der Waals surface area contributed by atoms with Gasteiger partial charge in [0.05, 0.1) is 11.4 Å². The molecule has 10 nitrogen and oxygen atoms in total. The van der Waals surface area contributed by atoms with E-state index in [1.165, 1.54) is 47.2 Å². The lowest BCUT2D eigenvalue weighted by Gasteiger charge is -2.15. The first-order valence-electron chi connectivity index (χ1n) is 17.2. The summed E-state index contributed by atoms with van der Waals surface area (Å²) >= 11 is 0. The van der Waals surface area contributed by atoms with E-state index in [0.29, 0.717) is 13.1 Å². The van der Waals surface area contributed by atoms with Crippen LogP contribution in [0.2, 0.25) is 0 Å². The van der Waals surface area contributed by atoms with Crippen molar-refractivity contribution in [3.63, 3.8) is 0 Å². The Hall–Kier alpha value is -5.32. The van der Waals surface area contributed by atoms with Gasteiger partial charge in [-0.05, 0) is 70.5 Å². The Balaban J connectivity index is 1.13. The van der Waals surface area contributed by atoms with Gasteiger partial charge in [0.15, 0.2) is 0 Å². The van der Waals surface area contributed by atoms with E-state index in [4.69, 9.17) is 9.97 Å². The molecule has 6 rings (SSSR count). The highest BCUT2D eigenvalue weighted by atomic mass is 16.2. The summed E-state index contributed by atoms with van der Waals surface area (Å²) in [6.07, 6.45) is 9.98. The Kier molecular flexibility index (Phi) is 11.0. The monoisotopic (exact) mass is 670 g/mol. The fourth-order valence-corrected chi connectivity index (χ4v) is 6.40. The molecule has 6 aromatic rings. The van der Waals surface area contributed by atoms with Crippen LogP contribution < -0.4 is 21.3 Å². The van der Waals surface area contributed by atoms with Crippen molar-refractivity contribution in [3.8, 4) is 11.1 Å². The lowest BCUT2D eigenvalue weighted by Crippen LogP contribution is -2.29. The molecule has 0 aliphatic rings. The standard InChI is InChI=1S/C40H46N8O2/c1-27-33(19-35-25-47-23-31(11-13-39(47)45-35)21-41-15-17-43-29(3)49)7-5-9-37(27)38-10-6-8-34(28(38)2)20-36-26-48-24-32(12-14-40(48)46-36)22-42-16-18-44-30(4)50/h5-14,23-26,41-42H,15-22H2,1-4H3,(H,43,49)(H,44,50). The molecule has 4 N–H and O–H groups in total. The van der Waals surface area contributed by atoms with Crippen molar-refractivity contribution in [3.05, 3.63) is 130 Å². The number of hydrogen-bond acceptors (Lipinski definition) is 6. The van der Waals surface area contributed by atoms with Gasteiger partial charge in [-0.15, -0.1) is 0 Å². The predicted octanol–water partition coefficient (Wildman–Crippen LogP) is 4.90. The molecular weight excluding hydrogens is 624 g/mol. The van der Waals surface area contributed by atoms with Crippen molar-refractivity contribution in [2.75, 3.05) is 26.2 Å². The number of carbonyl (C=O) groups is 2. The van der Waals surface area contributed by atoms with E-state index in [2.05, 4.69) is 129 Å². The molecule has 4 aromatic heterocycles. The molecule has 0 saturated carbocycles. The number of imidazole rings is 2. The fraction of sp³-hybridized carbons (Fsp3) is 0.300. The molecule has 10 heteroatoms. The van der Waals surface area contributed by atoms with Crippen LogP contribution in [0.3, 0.4) is 0 Å². The molecule has 0 saturated heterocycles.